The Labute approximate surface area is 187 Å². The van der Waals surface area contributed by atoms with E-state index in [-0.39, 0.29) is 5.41 Å². The van der Waals surface area contributed by atoms with E-state index >= 15 is 0 Å². The summed E-state index contributed by atoms with van der Waals surface area (Å²) in [5, 5.41) is 0. The first-order chi connectivity index (χ1) is 14.0. The Bertz CT molecular complexity index is 1160. The van der Waals surface area contributed by atoms with E-state index in [1.807, 2.05) is 0 Å². The van der Waals surface area contributed by atoms with Crippen molar-refractivity contribution in [2.45, 2.75) is 32.6 Å². The van der Waals surface area contributed by atoms with Crippen molar-refractivity contribution in [3.63, 3.8) is 0 Å². The maximum absolute atomic E-state index is 2.51. The van der Waals surface area contributed by atoms with Gasteiger partial charge in [0.05, 0.1) is 5.41 Å². The van der Waals surface area contributed by atoms with Crippen molar-refractivity contribution in [2.75, 3.05) is 0 Å². The lowest BCUT2D eigenvalue weighted by Gasteiger charge is -2.38. The van der Waals surface area contributed by atoms with Crippen molar-refractivity contribution in [3.05, 3.63) is 116 Å². The zero-order valence-electron chi connectivity index (χ0n) is 17.2. The highest BCUT2D eigenvalue weighted by atomic mass is 127. The zero-order valence-corrected chi connectivity index (χ0v) is 19.3. The van der Waals surface area contributed by atoms with Gasteiger partial charge in [-0.2, -0.15) is 0 Å². The molecule has 0 aliphatic heterocycles. The fourth-order valence-corrected chi connectivity index (χ4v) is 5.95. The number of halogens is 1. The van der Waals surface area contributed by atoms with E-state index in [1.165, 1.54) is 48.1 Å². The Balaban J connectivity index is 1.92. The van der Waals surface area contributed by atoms with Gasteiger partial charge in [0, 0.05) is 9.13 Å². The predicted molar refractivity (Wildman–Crippen MR) is 131 cm³/mol. The van der Waals surface area contributed by atoms with Gasteiger partial charge in [-0.15, -0.1) is 0 Å². The van der Waals surface area contributed by atoms with Crippen LogP contribution >= 0.6 is 22.6 Å². The van der Waals surface area contributed by atoms with Gasteiger partial charge >= 0.3 is 0 Å². The third-order valence-electron chi connectivity index (χ3n) is 6.84. The largest absolute Gasteiger partial charge is 0.0702 e. The van der Waals surface area contributed by atoms with E-state index < -0.39 is 0 Å². The van der Waals surface area contributed by atoms with Gasteiger partial charge in [-0.3, -0.25) is 0 Å². The van der Waals surface area contributed by atoms with Crippen LogP contribution in [-0.4, -0.2) is 0 Å². The average Bonchev–Trinajstić information content (AvgIpc) is 3.03. The predicted octanol–water partition coefficient (Wildman–Crippen LogP) is 7.83. The molecule has 1 heteroatoms. The number of aryl methyl sites for hydroxylation is 1. The van der Waals surface area contributed by atoms with Gasteiger partial charge in [-0.05, 0) is 77.1 Å². The van der Waals surface area contributed by atoms with Gasteiger partial charge in [0.2, 0.25) is 0 Å². The molecular formula is C28H25I. The van der Waals surface area contributed by atoms with Gasteiger partial charge in [0.15, 0.2) is 0 Å². The van der Waals surface area contributed by atoms with Crippen molar-refractivity contribution in [3.8, 4) is 11.1 Å². The average molecular weight is 488 g/mol. The molecule has 0 spiro atoms. The zero-order chi connectivity index (χ0) is 20.2. The molecule has 2 aliphatic rings. The van der Waals surface area contributed by atoms with Crippen LogP contribution in [0.15, 0.2) is 90.0 Å². The molecule has 0 bridgehead atoms. The van der Waals surface area contributed by atoms with E-state index in [2.05, 4.69) is 122 Å². The Morgan fingerprint density at radius 3 is 2.31 bits per heavy atom. The van der Waals surface area contributed by atoms with Crippen molar-refractivity contribution in [2.24, 2.45) is 5.92 Å². The van der Waals surface area contributed by atoms with Crippen LogP contribution in [-0.2, 0) is 5.41 Å². The third kappa shape index (κ3) is 2.70. The minimum Gasteiger partial charge on any atom is -0.0702 e. The first kappa shape index (κ1) is 18.9. The minimum absolute atomic E-state index is 0.216. The van der Waals surface area contributed by atoms with Crippen LogP contribution in [0.4, 0.5) is 0 Å². The van der Waals surface area contributed by atoms with Gasteiger partial charge in [-0.1, -0.05) is 96.4 Å². The number of benzene rings is 3. The lowest BCUT2D eigenvalue weighted by molar-refractivity contribution is 0.591. The SMILES string of the molecule is CC1=CC=C(C2(c3ccc(C)cc3)c3ccccc3-c3c(I)cccc32)CC1C. The highest BCUT2D eigenvalue weighted by Gasteiger charge is 2.48. The number of hydrogen-bond acceptors (Lipinski definition) is 0. The molecule has 0 heterocycles. The van der Waals surface area contributed by atoms with Gasteiger partial charge < -0.3 is 0 Å². The first-order valence-corrected chi connectivity index (χ1v) is 11.4. The maximum Gasteiger partial charge on any atom is 0.0677 e. The van der Waals surface area contributed by atoms with Crippen molar-refractivity contribution < 1.29 is 0 Å². The van der Waals surface area contributed by atoms with Gasteiger partial charge in [-0.25, -0.2) is 0 Å². The van der Waals surface area contributed by atoms with E-state index in [1.54, 1.807) is 0 Å². The second-order valence-electron chi connectivity index (χ2n) is 8.53. The van der Waals surface area contributed by atoms with Crippen LogP contribution in [0, 0.1) is 16.4 Å². The van der Waals surface area contributed by atoms with Crippen molar-refractivity contribution in [1.82, 2.24) is 0 Å². The van der Waals surface area contributed by atoms with Crippen LogP contribution in [0.1, 0.15) is 42.5 Å². The Kier molecular flexibility index (Phi) is 4.54. The molecule has 0 radical (unpaired) electrons. The molecule has 3 aromatic rings. The Hall–Kier alpha value is -2.13. The normalized spacial score (nSPS) is 22.6. The lowest BCUT2D eigenvalue weighted by atomic mass is 9.64. The summed E-state index contributed by atoms with van der Waals surface area (Å²) < 4.78 is 1.33. The number of hydrogen-bond donors (Lipinski definition) is 0. The lowest BCUT2D eigenvalue weighted by Crippen LogP contribution is -2.31. The summed E-state index contributed by atoms with van der Waals surface area (Å²) in [5.74, 6) is 0.566. The number of allylic oxidation sites excluding steroid dienone is 4. The highest BCUT2D eigenvalue weighted by molar-refractivity contribution is 14.1. The summed E-state index contributed by atoms with van der Waals surface area (Å²) in [6, 6.07) is 25.1. The maximum atomic E-state index is 2.51. The molecular weight excluding hydrogens is 463 g/mol. The van der Waals surface area contributed by atoms with E-state index in [4.69, 9.17) is 0 Å². The van der Waals surface area contributed by atoms with Gasteiger partial charge in [0.25, 0.3) is 0 Å². The molecule has 0 nitrogen and oxygen atoms in total. The second-order valence-corrected chi connectivity index (χ2v) is 9.69. The van der Waals surface area contributed by atoms with E-state index in [0.29, 0.717) is 5.92 Å². The quantitative estimate of drug-likeness (QED) is 0.323. The molecule has 0 amide bonds. The highest BCUT2D eigenvalue weighted by Crippen LogP contribution is 2.58. The summed E-state index contributed by atoms with van der Waals surface area (Å²) >= 11 is 2.51. The van der Waals surface area contributed by atoms with Crippen molar-refractivity contribution >= 4 is 22.6 Å². The Morgan fingerprint density at radius 1 is 0.828 bits per heavy atom. The van der Waals surface area contributed by atoms with Crippen LogP contribution in [0.25, 0.3) is 11.1 Å². The molecule has 144 valence electrons. The fourth-order valence-electron chi connectivity index (χ4n) is 5.16. The van der Waals surface area contributed by atoms with E-state index in [0.717, 1.165) is 6.42 Å². The topological polar surface area (TPSA) is 0 Å². The molecule has 0 saturated carbocycles. The number of fused-ring (bicyclic) bond motifs is 3. The summed E-state index contributed by atoms with van der Waals surface area (Å²) in [4.78, 5) is 0. The Morgan fingerprint density at radius 2 is 1.55 bits per heavy atom. The van der Waals surface area contributed by atoms with Crippen LogP contribution < -0.4 is 0 Å². The molecule has 29 heavy (non-hydrogen) atoms. The molecule has 0 saturated heterocycles. The molecule has 3 aromatic carbocycles. The van der Waals surface area contributed by atoms with Crippen LogP contribution in [0.5, 0.6) is 0 Å². The van der Waals surface area contributed by atoms with E-state index in [9.17, 15) is 0 Å². The van der Waals surface area contributed by atoms with Crippen LogP contribution in [0.2, 0.25) is 0 Å². The summed E-state index contributed by atoms with van der Waals surface area (Å²) in [6.07, 6.45) is 5.84. The summed E-state index contributed by atoms with van der Waals surface area (Å²) in [6.45, 7) is 6.79. The third-order valence-corrected chi connectivity index (χ3v) is 7.73. The molecule has 2 atom stereocenters. The monoisotopic (exact) mass is 488 g/mol. The molecule has 0 fully saturated rings. The van der Waals surface area contributed by atoms with Crippen molar-refractivity contribution in [1.29, 1.82) is 0 Å². The fraction of sp³-hybridized carbons (Fsp3) is 0.214. The summed E-state index contributed by atoms with van der Waals surface area (Å²) in [5.41, 5.74) is 11.1. The standard InChI is InChI=1S/C28H25I/c1-18-11-14-21(15-12-18)28(22-16-13-19(2)20(3)17-22)24-8-5-4-7-23(24)27-25(28)9-6-10-26(27)29/h4-16,20H,17H2,1-3H3. The summed E-state index contributed by atoms with van der Waals surface area (Å²) in [7, 11) is 0. The minimum atomic E-state index is -0.216. The second kappa shape index (κ2) is 6.98. The molecule has 5 rings (SSSR count). The first-order valence-electron chi connectivity index (χ1n) is 10.4. The molecule has 2 unspecified atom stereocenters. The molecule has 2 aliphatic carbocycles. The number of rotatable bonds is 2. The molecule has 0 aromatic heterocycles. The van der Waals surface area contributed by atoms with Gasteiger partial charge in [0.1, 0.15) is 0 Å². The molecule has 0 N–H and O–H groups in total. The smallest absolute Gasteiger partial charge is 0.0677 e. The van der Waals surface area contributed by atoms with Crippen LogP contribution in [0.3, 0.4) is 0 Å².